The van der Waals surface area contributed by atoms with Crippen molar-refractivity contribution in [2.24, 2.45) is 11.8 Å². The first-order valence-electron chi connectivity index (χ1n) is 5.29. The van der Waals surface area contributed by atoms with Crippen LogP contribution in [0, 0.1) is 11.8 Å². The summed E-state index contributed by atoms with van der Waals surface area (Å²) in [5.74, 6) is 1.58. The lowest BCUT2D eigenvalue weighted by atomic mass is 10.0. The molecule has 1 heteroatoms. The fourth-order valence-electron chi connectivity index (χ4n) is 1.37. The summed E-state index contributed by atoms with van der Waals surface area (Å²) in [7, 11) is 0. The average molecular weight is 171 g/mol. The summed E-state index contributed by atoms with van der Waals surface area (Å²) in [4.78, 5) is 0. The zero-order valence-corrected chi connectivity index (χ0v) is 9.35. The van der Waals surface area contributed by atoms with Gasteiger partial charge in [-0.25, -0.2) is 0 Å². The van der Waals surface area contributed by atoms with Gasteiger partial charge in [0.2, 0.25) is 0 Å². The summed E-state index contributed by atoms with van der Waals surface area (Å²) < 4.78 is 0. The Labute approximate surface area is 77.9 Å². The van der Waals surface area contributed by atoms with E-state index >= 15 is 0 Å². The Morgan fingerprint density at radius 3 is 1.92 bits per heavy atom. The Bertz CT molecular complexity index is 97.2. The molecule has 1 N–H and O–H groups in total. The Balaban J connectivity index is 3.53. The number of nitrogens with one attached hydrogen (secondary N) is 1. The van der Waals surface area contributed by atoms with Crippen molar-refractivity contribution in [3.05, 3.63) is 0 Å². The van der Waals surface area contributed by atoms with Gasteiger partial charge in [-0.05, 0) is 31.2 Å². The molecule has 0 fully saturated rings. The maximum atomic E-state index is 3.60. The molecule has 0 rings (SSSR count). The standard InChI is InChI=1S/C11H25N/c1-6-11(7-9(2)3)12-8-10(4)5/h9-12H,6-8H2,1-5H3/t11-/m1/s1. The van der Waals surface area contributed by atoms with Gasteiger partial charge in [0, 0.05) is 6.04 Å². The molecule has 0 saturated heterocycles. The van der Waals surface area contributed by atoms with Crippen molar-refractivity contribution in [3.8, 4) is 0 Å². The van der Waals surface area contributed by atoms with Crippen molar-refractivity contribution in [2.75, 3.05) is 6.54 Å². The number of hydrogen-bond donors (Lipinski definition) is 1. The lowest BCUT2D eigenvalue weighted by Gasteiger charge is -2.20. The third-order valence-corrected chi connectivity index (χ3v) is 2.06. The maximum Gasteiger partial charge on any atom is 0.00669 e. The van der Waals surface area contributed by atoms with Gasteiger partial charge in [0.1, 0.15) is 0 Å². The van der Waals surface area contributed by atoms with Crippen molar-refractivity contribution >= 4 is 0 Å². The van der Waals surface area contributed by atoms with Crippen LogP contribution >= 0.6 is 0 Å². The smallest absolute Gasteiger partial charge is 0.00669 e. The molecule has 0 radical (unpaired) electrons. The van der Waals surface area contributed by atoms with Gasteiger partial charge in [0.25, 0.3) is 0 Å². The quantitative estimate of drug-likeness (QED) is 0.647. The predicted octanol–water partition coefficient (Wildman–Crippen LogP) is 3.06. The van der Waals surface area contributed by atoms with E-state index in [0.29, 0.717) is 0 Å². The van der Waals surface area contributed by atoms with Crippen LogP contribution in [0.3, 0.4) is 0 Å². The molecule has 1 nitrogen and oxygen atoms in total. The minimum atomic E-state index is 0.729. The van der Waals surface area contributed by atoms with E-state index < -0.39 is 0 Å². The van der Waals surface area contributed by atoms with Crippen LogP contribution in [0.5, 0.6) is 0 Å². The number of rotatable bonds is 6. The minimum absolute atomic E-state index is 0.729. The van der Waals surface area contributed by atoms with Crippen LogP contribution in [0.15, 0.2) is 0 Å². The molecule has 0 spiro atoms. The third kappa shape index (κ3) is 6.66. The van der Waals surface area contributed by atoms with Gasteiger partial charge in [0.05, 0.1) is 0 Å². The molecule has 0 bridgehead atoms. The van der Waals surface area contributed by atoms with Crippen molar-refractivity contribution in [1.82, 2.24) is 5.32 Å². The highest BCUT2D eigenvalue weighted by atomic mass is 14.9. The van der Waals surface area contributed by atoms with Crippen molar-refractivity contribution in [2.45, 2.75) is 53.5 Å². The van der Waals surface area contributed by atoms with E-state index in [2.05, 4.69) is 39.9 Å². The molecule has 0 aromatic rings. The van der Waals surface area contributed by atoms with E-state index in [1.54, 1.807) is 0 Å². The van der Waals surface area contributed by atoms with Crippen LogP contribution in [-0.2, 0) is 0 Å². The van der Waals surface area contributed by atoms with Crippen LogP contribution in [0.2, 0.25) is 0 Å². The van der Waals surface area contributed by atoms with Gasteiger partial charge >= 0.3 is 0 Å². The second-order valence-corrected chi connectivity index (χ2v) is 4.54. The molecule has 0 aromatic heterocycles. The normalized spacial score (nSPS) is 14.2. The van der Waals surface area contributed by atoms with Crippen LogP contribution in [-0.4, -0.2) is 12.6 Å². The zero-order chi connectivity index (χ0) is 9.56. The monoisotopic (exact) mass is 171 g/mol. The van der Waals surface area contributed by atoms with Crippen LogP contribution < -0.4 is 5.32 Å². The summed E-state index contributed by atoms with van der Waals surface area (Å²) >= 11 is 0. The van der Waals surface area contributed by atoms with E-state index in [1.165, 1.54) is 12.8 Å². The van der Waals surface area contributed by atoms with E-state index in [1.807, 2.05) is 0 Å². The lowest BCUT2D eigenvalue weighted by Crippen LogP contribution is -2.32. The van der Waals surface area contributed by atoms with Crippen LogP contribution in [0.1, 0.15) is 47.5 Å². The summed E-state index contributed by atoms with van der Waals surface area (Å²) in [6.07, 6.45) is 2.56. The Morgan fingerprint density at radius 1 is 1.00 bits per heavy atom. The second kappa shape index (κ2) is 6.47. The molecule has 1 atom stereocenters. The largest absolute Gasteiger partial charge is 0.314 e. The fraction of sp³-hybridized carbons (Fsp3) is 1.00. The zero-order valence-electron chi connectivity index (χ0n) is 9.35. The molecule has 0 unspecified atom stereocenters. The SMILES string of the molecule is CC[C@H](CC(C)C)NCC(C)C. The molecule has 0 heterocycles. The Morgan fingerprint density at radius 2 is 1.58 bits per heavy atom. The molecular weight excluding hydrogens is 146 g/mol. The van der Waals surface area contributed by atoms with E-state index in [9.17, 15) is 0 Å². The lowest BCUT2D eigenvalue weighted by molar-refractivity contribution is 0.388. The molecule has 12 heavy (non-hydrogen) atoms. The molecule has 0 aromatic carbocycles. The molecule has 0 aliphatic heterocycles. The average Bonchev–Trinajstić information content (AvgIpc) is 1.97. The highest BCUT2D eigenvalue weighted by Crippen LogP contribution is 2.07. The molecular formula is C11H25N. The van der Waals surface area contributed by atoms with E-state index in [4.69, 9.17) is 0 Å². The van der Waals surface area contributed by atoms with Crippen molar-refractivity contribution in [3.63, 3.8) is 0 Å². The van der Waals surface area contributed by atoms with Crippen LogP contribution in [0.25, 0.3) is 0 Å². The number of hydrogen-bond acceptors (Lipinski definition) is 1. The van der Waals surface area contributed by atoms with Gasteiger partial charge < -0.3 is 5.32 Å². The summed E-state index contributed by atoms with van der Waals surface area (Å²) in [6, 6.07) is 0.729. The first kappa shape index (κ1) is 12.0. The Kier molecular flexibility index (Phi) is 6.45. The molecule has 0 amide bonds. The highest BCUT2D eigenvalue weighted by molar-refractivity contribution is 4.67. The van der Waals surface area contributed by atoms with Crippen molar-refractivity contribution < 1.29 is 0 Å². The maximum absolute atomic E-state index is 3.60. The van der Waals surface area contributed by atoms with Gasteiger partial charge in [-0.15, -0.1) is 0 Å². The van der Waals surface area contributed by atoms with E-state index in [-0.39, 0.29) is 0 Å². The third-order valence-electron chi connectivity index (χ3n) is 2.06. The van der Waals surface area contributed by atoms with Crippen molar-refractivity contribution in [1.29, 1.82) is 0 Å². The molecule has 74 valence electrons. The van der Waals surface area contributed by atoms with Gasteiger partial charge in [-0.2, -0.15) is 0 Å². The van der Waals surface area contributed by atoms with Gasteiger partial charge in [-0.1, -0.05) is 34.6 Å². The first-order valence-corrected chi connectivity index (χ1v) is 5.29. The second-order valence-electron chi connectivity index (χ2n) is 4.54. The Hall–Kier alpha value is -0.0400. The minimum Gasteiger partial charge on any atom is -0.314 e. The van der Waals surface area contributed by atoms with Gasteiger partial charge in [0.15, 0.2) is 0 Å². The topological polar surface area (TPSA) is 12.0 Å². The first-order chi connectivity index (χ1) is 5.56. The summed E-state index contributed by atoms with van der Waals surface area (Å²) in [5, 5.41) is 3.60. The van der Waals surface area contributed by atoms with E-state index in [0.717, 1.165) is 24.4 Å². The fourth-order valence-corrected chi connectivity index (χ4v) is 1.37. The summed E-state index contributed by atoms with van der Waals surface area (Å²) in [6.45, 7) is 12.5. The molecule has 0 aliphatic carbocycles. The molecule has 0 saturated carbocycles. The van der Waals surface area contributed by atoms with Crippen LogP contribution in [0.4, 0.5) is 0 Å². The molecule has 0 aliphatic rings. The highest BCUT2D eigenvalue weighted by Gasteiger charge is 2.07. The van der Waals surface area contributed by atoms with Gasteiger partial charge in [-0.3, -0.25) is 0 Å². The predicted molar refractivity (Wildman–Crippen MR) is 56.4 cm³/mol. The summed E-state index contributed by atoms with van der Waals surface area (Å²) in [5.41, 5.74) is 0.